The fraction of sp³-hybridized carbons (Fsp3) is 0.294. The third kappa shape index (κ3) is 7.77. The van der Waals surface area contributed by atoms with Gasteiger partial charge in [-0.1, -0.05) is 63.2 Å². The summed E-state index contributed by atoms with van der Waals surface area (Å²) in [5.74, 6) is 0.568. The highest BCUT2D eigenvalue weighted by atomic mass is 16.4. The number of aromatic amines is 1. The van der Waals surface area contributed by atoms with Crippen molar-refractivity contribution in [3.8, 4) is 22.5 Å². The number of aliphatic carboxylic acids is 1. The van der Waals surface area contributed by atoms with Gasteiger partial charge in [0, 0.05) is 31.1 Å². The molecule has 0 aliphatic carbocycles. The van der Waals surface area contributed by atoms with Crippen molar-refractivity contribution in [3.05, 3.63) is 94.6 Å². The first-order chi connectivity index (χ1) is 20.0. The van der Waals surface area contributed by atoms with Crippen LogP contribution in [0.25, 0.3) is 33.5 Å². The van der Waals surface area contributed by atoms with Gasteiger partial charge in [-0.05, 0) is 66.6 Å². The van der Waals surface area contributed by atoms with Crippen LogP contribution in [0.5, 0.6) is 0 Å². The van der Waals surface area contributed by atoms with E-state index in [0.29, 0.717) is 18.0 Å². The normalized spacial score (nSPS) is 10.5. The lowest BCUT2D eigenvalue weighted by molar-refractivity contribution is -0.134. The maximum Gasteiger partial charge on any atom is 0.336 e. The molecule has 0 aliphatic heterocycles. The first-order valence-corrected chi connectivity index (χ1v) is 14.2. The number of nitrogens with zero attached hydrogens (tertiary/aromatic N) is 3. The summed E-state index contributed by atoms with van der Waals surface area (Å²) in [6.07, 6.45) is 1.90. The zero-order valence-electron chi connectivity index (χ0n) is 26.0. The highest BCUT2D eigenvalue weighted by Gasteiger charge is 2.18. The highest BCUT2D eigenvalue weighted by Crippen LogP contribution is 2.30. The van der Waals surface area contributed by atoms with Crippen molar-refractivity contribution in [2.45, 2.75) is 66.8 Å². The van der Waals surface area contributed by atoms with Crippen LogP contribution in [0.1, 0.15) is 78.7 Å². The minimum atomic E-state index is -0.919. The number of hydrogen-bond acceptors (Lipinski definition) is 4. The number of carboxylic acid groups (broad SMARTS) is 2. The molecule has 44 heavy (non-hydrogen) atoms. The highest BCUT2D eigenvalue weighted by molar-refractivity contribution is 5.96. The van der Waals surface area contributed by atoms with Gasteiger partial charge in [0.2, 0.25) is 0 Å². The standard InChI is InChI=1S/C32H34N4O2.C2H4O2.2H2O/c1-6-9-28-34-30-20(4)16-24(31-33-21(5)29(35-31)19(2)3)17-27(30)36(28)18-22-12-14-23(15-13-22)25-10-7-8-11-26(25)32(37)38;1-2(3)4;;/h7-8,10-17,19H,6,9,18H2,1-5H3,(H,33,35)(H,37,38);1H3,(H,3,4);2*1H2. The van der Waals surface area contributed by atoms with Crippen molar-refractivity contribution >= 4 is 23.0 Å². The number of hydrogen-bond donors (Lipinski definition) is 3. The van der Waals surface area contributed by atoms with Crippen molar-refractivity contribution < 1.29 is 30.8 Å². The number of H-pyrrole nitrogens is 1. The Morgan fingerprint density at radius 3 is 2.14 bits per heavy atom. The third-order valence-electron chi connectivity index (χ3n) is 7.10. The number of fused-ring (bicyclic) bond motifs is 1. The smallest absolute Gasteiger partial charge is 0.336 e. The van der Waals surface area contributed by atoms with Crippen LogP contribution in [0.15, 0.2) is 60.7 Å². The lowest BCUT2D eigenvalue weighted by Crippen LogP contribution is -2.05. The first-order valence-electron chi connectivity index (χ1n) is 14.2. The molecule has 0 unspecified atom stereocenters. The van der Waals surface area contributed by atoms with E-state index in [9.17, 15) is 9.90 Å². The molecule has 0 saturated carbocycles. The van der Waals surface area contributed by atoms with Crippen LogP contribution in [0, 0.1) is 13.8 Å². The van der Waals surface area contributed by atoms with Crippen LogP contribution in [0.3, 0.4) is 0 Å². The van der Waals surface area contributed by atoms with Crippen LogP contribution in [0.4, 0.5) is 0 Å². The van der Waals surface area contributed by atoms with Crippen molar-refractivity contribution in [2.75, 3.05) is 0 Å². The van der Waals surface area contributed by atoms with Gasteiger partial charge in [-0.2, -0.15) is 0 Å². The van der Waals surface area contributed by atoms with Crippen molar-refractivity contribution in [1.82, 2.24) is 19.5 Å². The molecule has 5 aromatic rings. The molecule has 5 rings (SSSR count). The van der Waals surface area contributed by atoms with Crippen molar-refractivity contribution in [1.29, 1.82) is 0 Å². The van der Waals surface area contributed by atoms with Crippen LogP contribution >= 0.6 is 0 Å². The largest absolute Gasteiger partial charge is 0.481 e. The topological polar surface area (TPSA) is 184 Å². The number of nitrogens with one attached hydrogen (secondary N) is 1. The van der Waals surface area contributed by atoms with Crippen LogP contribution in [0.2, 0.25) is 0 Å². The Labute approximate surface area is 257 Å². The molecule has 0 saturated heterocycles. The van der Waals surface area contributed by atoms with E-state index in [-0.39, 0.29) is 11.0 Å². The average molecular weight is 603 g/mol. The van der Waals surface area contributed by atoms with E-state index in [1.165, 1.54) is 0 Å². The van der Waals surface area contributed by atoms with Crippen molar-refractivity contribution in [2.24, 2.45) is 0 Å². The number of aromatic carboxylic acids is 1. The number of carboxylic acids is 2. The van der Waals surface area contributed by atoms with Crippen molar-refractivity contribution in [3.63, 3.8) is 0 Å². The minimum Gasteiger partial charge on any atom is -0.481 e. The summed E-state index contributed by atoms with van der Waals surface area (Å²) in [4.78, 5) is 34.1. The van der Waals surface area contributed by atoms with Gasteiger partial charge in [-0.3, -0.25) is 4.79 Å². The number of imidazole rings is 2. The number of aryl methyl sites for hydroxylation is 3. The zero-order chi connectivity index (χ0) is 30.6. The first kappa shape index (κ1) is 35.4. The lowest BCUT2D eigenvalue weighted by atomic mass is 9.98. The van der Waals surface area contributed by atoms with Gasteiger partial charge >= 0.3 is 5.97 Å². The van der Waals surface area contributed by atoms with Gasteiger partial charge in [-0.15, -0.1) is 0 Å². The Morgan fingerprint density at radius 2 is 1.57 bits per heavy atom. The van der Waals surface area contributed by atoms with Gasteiger partial charge in [0.1, 0.15) is 11.6 Å². The summed E-state index contributed by atoms with van der Waals surface area (Å²) < 4.78 is 2.31. The Kier molecular flexibility index (Phi) is 12.1. The second-order valence-electron chi connectivity index (χ2n) is 10.8. The fourth-order valence-electron chi connectivity index (χ4n) is 5.23. The molecule has 2 heterocycles. The predicted molar refractivity (Wildman–Crippen MR) is 173 cm³/mol. The van der Waals surface area contributed by atoms with Gasteiger partial charge in [0.05, 0.1) is 22.3 Å². The van der Waals surface area contributed by atoms with Gasteiger partial charge in [0.15, 0.2) is 0 Å². The average Bonchev–Trinajstić information content (AvgIpc) is 3.50. The zero-order valence-corrected chi connectivity index (χ0v) is 26.0. The maximum absolute atomic E-state index is 11.7. The maximum atomic E-state index is 11.7. The van der Waals surface area contributed by atoms with Crippen LogP contribution in [-0.4, -0.2) is 52.6 Å². The van der Waals surface area contributed by atoms with E-state index in [2.05, 4.69) is 68.4 Å². The Balaban J connectivity index is 0.00000106. The second-order valence-corrected chi connectivity index (χ2v) is 10.8. The number of rotatable bonds is 8. The molecule has 0 atom stereocenters. The summed E-state index contributed by atoms with van der Waals surface area (Å²) in [6.45, 7) is 12.5. The molecule has 0 spiro atoms. The molecule has 0 aliphatic rings. The quantitative estimate of drug-likeness (QED) is 0.196. The van der Waals surface area contributed by atoms with E-state index in [0.717, 1.165) is 81.7 Å². The molecule has 234 valence electrons. The van der Waals surface area contributed by atoms with Crippen LogP contribution < -0.4 is 0 Å². The summed E-state index contributed by atoms with van der Waals surface area (Å²) >= 11 is 0. The molecule has 0 bridgehead atoms. The third-order valence-corrected chi connectivity index (χ3v) is 7.10. The van der Waals surface area contributed by atoms with E-state index < -0.39 is 11.9 Å². The van der Waals surface area contributed by atoms with Gasteiger partial charge in [-0.25, -0.2) is 14.8 Å². The van der Waals surface area contributed by atoms with E-state index in [1.54, 1.807) is 12.1 Å². The number of carbonyl (C=O) groups is 2. The predicted octanol–water partition coefficient (Wildman–Crippen LogP) is 5.97. The lowest BCUT2D eigenvalue weighted by Gasteiger charge is -2.12. The SMILES string of the molecule is CC(=O)O.CCCc1nc2c(C)cc(-c3nc(C(C)C)c(C)[nH]3)cc2n1Cc1ccc(-c2ccccc2C(=O)O)cc1.O.O. The molecule has 10 heteroatoms. The monoisotopic (exact) mass is 602 g/mol. The molecule has 7 N–H and O–H groups in total. The van der Waals surface area contributed by atoms with E-state index >= 15 is 0 Å². The summed E-state index contributed by atoms with van der Waals surface area (Å²) in [5, 5.41) is 17.0. The van der Waals surface area contributed by atoms with Gasteiger partial charge < -0.3 is 30.7 Å². The molecule has 0 radical (unpaired) electrons. The molecular weight excluding hydrogens is 560 g/mol. The van der Waals surface area contributed by atoms with Gasteiger partial charge in [0.25, 0.3) is 5.97 Å². The number of benzene rings is 3. The Bertz CT molecular complexity index is 1730. The Hall–Kier alpha value is -4.80. The number of aromatic nitrogens is 4. The Morgan fingerprint density at radius 1 is 0.932 bits per heavy atom. The fourth-order valence-corrected chi connectivity index (χ4v) is 5.23. The molecule has 3 aromatic carbocycles. The molecule has 0 fully saturated rings. The summed E-state index contributed by atoms with van der Waals surface area (Å²) in [6, 6.07) is 19.7. The molecule has 2 aromatic heterocycles. The molecule has 0 amide bonds. The van der Waals surface area contributed by atoms with E-state index in [4.69, 9.17) is 19.9 Å². The second kappa shape index (κ2) is 15.1. The molecular formula is C34H42N4O6. The van der Waals surface area contributed by atoms with Crippen LogP contribution in [-0.2, 0) is 17.8 Å². The summed E-state index contributed by atoms with van der Waals surface area (Å²) in [7, 11) is 0. The molecule has 10 nitrogen and oxygen atoms in total. The minimum absolute atomic E-state index is 0. The summed E-state index contributed by atoms with van der Waals surface area (Å²) in [5.41, 5.74) is 9.59. The van der Waals surface area contributed by atoms with E-state index in [1.807, 2.05) is 24.3 Å².